The second-order valence-corrected chi connectivity index (χ2v) is 6.68. The van der Waals surface area contributed by atoms with E-state index in [1.807, 2.05) is 12.1 Å². The average Bonchev–Trinajstić information content (AvgIpc) is 2.41. The summed E-state index contributed by atoms with van der Waals surface area (Å²) in [6.45, 7) is 0. The first kappa shape index (κ1) is 14.4. The lowest BCUT2D eigenvalue weighted by Crippen LogP contribution is -2.13. The van der Waals surface area contributed by atoms with Gasteiger partial charge in [-0.1, -0.05) is 52.5 Å². The van der Waals surface area contributed by atoms with Crippen molar-refractivity contribution < 1.29 is 0 Å². The minimum Gasteiger partial charge on any atom is -0.0928 e. The van der Waals surface area contributed by atoms with E-state index in [1.54, 1.807) is 0 Å². The minimum absolute atomic E-state index is 0.773. The molecule has 1 aliphatic carbocycles. The fourth-order valence-corrected chi connectivity index (χ4v) is 3.57. The Morgan fingerprint density at radius 1 is 1.00 bits per heavy atom. The molecule has 0 bridgehead atoms. The molecule has 0 nitrogen and oxygen atoms in total. The molecule has 1 saturated carbocycles. The number of hydrogen-bond acceptors (Lipinski definition) is 0. The smallest absolute Gasteiger partial charge is 0.0406 e. The first-order chi connectivity index (χ1) is 8.79. The normalized spacial score (nSPS) is 24.1. The number of benzene rings is 1. The monoisotopic (exact) mass is 328 g/mol. The third kappa shape index (κ3) is 4.28. The number of alkyl halides is 1. The van der Waals surface area contributed by atoms with Crippen LogP contribution in [0.1, 0.15) is 56.4 Å². The predicted molar refractivity (Wildman–Crippen MR) is 83.8 cm³/mol. The van der Waals surface area contributed by atoms with Crippen molar-refractivity contribution in [2.24, 2.45) is 5.92 Å². The molecular weight excluding hydrogens is 308 g/mol. The first-order valence-corrected chi connectivity index (χ1v) is 8.61. The van der Waals surface area contributed by atoms with Crippen LogP contribution in [0.4, 0.5) is 0 Å². The summed E-state index contributed by atoms with van der Waals surface area (Å²) in [6.07, 6.45) is 9.70. The predicted octanol–water partition coefficient (Wildman–Crippen LogP) is 6.18. The molecule has 0 saturated heterocycles. The maximum Gasteiger partial charge on any atom is 0.0406 e. The van der Waals surface area contributed by atoms with Gasteiger partial charge < -0.3 is 0 Å². The zero-order chi connectivity index (χ0) is 12.8. The summed E-state index contributed by atoms with van der Waals surface area (Å²) in [5.41, 5.74) is 1.48. The van der Waals surface area contributed by atoms with Crippen LogP contribution in [-0.4, -0.2) is 5.33 Å². The Balaban J connectivity index is 1.77. The van der Waals surface area contributed by atoms with Gasteiger partial charge in [0, 0.05) is 10.4 Å². The lowest BCUT2D eigenvalue weighted by molar-refractivity contribution is 0.304. The maximum absolute atomic E-state index is 5.94. The van der Waals surface area contributed by atoms with Gasteiger partial charge in [0.1, 0.15) is 0 Å². The van der Waals surface area contributed by atoms with Crippen molar-refractivity contribution in [3.8, 4) is 0 Å². The summed E-state index contributed by atoms with van der Waals surface area (Å²) in [5, 5.41) is 2.01. The molecule has 0 atom stereocenters. The second-order valence-electron chi connectivity index (χ2n) is 5.45. The van der Waals surface area contributed by atoms with Crippen LogP contribution in [0.5, 0.6) is 0 Å². The Kier molecular flexibility index (Phi) is 6.04. The van der Waals surface area contributed by atoms with Gasteiger partial charge in [-0.2, -0.15) is 0 Å². The van der Waals surface area contributed by atoms with Crippen molar-refractivity contribution in [2.45, 2.75) is 50.9 Å². The van der Waals surface area contributed by atoms with Gasteiger partial charge in [0.25, 0.3) is 0 Å². The third-order valence-electron chi connectivity index (χ3n) is 4.18. The van der Waals surface area contributed by atoms with E-state index in [0.717, 1.165) is 22.2 Å². The van der Waals surface area contributed by atoms with Gasteiger partial charge in [-0.05, 0) is 61.6 Å². The number of rotatable bonds is 5. The highest BCUT2D eigenvalue weighted by molar-refractivity contribution is 9.09. The Bertz CT molecular complexity index is 339. The van der Waals surface area contributed by atoms with Gasteiger partial charge in [-0.3, -0.25) is 0 Å². The summed E-state index contributed by atoms with van der Waals surface area (Å²) in [7, 11) is 0. The van der Waals surface area contributed by atoms with Crippen molar-refractivity contribution in [2.75, 3.05) is 5.33 Å². The van der Waals surface area contributed by atoms with Crippen LogP contribution in [0.2, 0.25) is 5.02 Å². The molecule has 0 spiro atoms. The molecule has 0 N–H and O–H groups in total. The molecule has 2 rings (SSSR count). The number of unbranched alkanes of at least 4 members (excludes halogenated alkanes) is 1. The molecule has 1 aliphatic rings. The van der Waals surface area contributed by atoms with Gasteiger partial charge in [0.05, 0.1) is 0 Å². The average molecular weight is 330 g/mol. The van der Waals surface area contributed by atoms with Crippen LogP contribution in [0.15, 0.2) is 24.3 Å². The summed E-state index contributed by atoms with van der Waals surface area (Å²) < 4.78 is 0. The minimum atomic E-state index is 0.773. The van der Waals surface area contributed by atoms with Gasteiger partial charge >= 0.3 is 0 Å². The molecule has 100 valence electrons. The van der Waals surface area contributed by atoms with E-state index in [-0.39, 0.29) is 0 Å². The van der Waals surface area contributed by atoms with E-state index in [2.05, 4.69) is 28.1 Å². The van der Waals surface area contributed by atoms with Gasteiger partial charge in [0.2, 0.25) is 0 Å². The summed E-state index contributed by atoms with van der Waals surface area (Å²) in [5.74, 6) is 1.75. The maximum atomic E-state index is 5.94. The van der Waals surface area contributed by atoms with Crippen molar-refractivity contribution >= 4 is 27.5 Å². The highest BCUT2D eigenvalue weighted by Crippen LogP contribution is 2.37. The number of halogens is 2. The molecule has 0 aromatic heterocycles. The van der Waals surface area contributed by atoms with E-state index >= 15 is 0 Å². The van der Waals surface area contributed by atoms with Crippen molar-refractivity contribution in [3.05, 3.63) is 34.9 Å². The lowest BCUT2D eigenvalue weighted by Gasteiger charge is -2.28. The summed E-state index contributed by atoms with van der Waals surface area (Å²) in [6, 6.07) is 8.47. The van der Waals surface area contributed by atoms with Gasteiger partial charge in [-0.15, -0.1) is 0 Å². The largest absolute Gasteiger partial charge is 0.0928 e. The summed E-state index contributed by atoms with van der Waals surface area (Å²) >= 11 is 9.45. The van der Waals surface area contributed by atoms with Crippen molar-refractivity contribution in [1.29, 1.82) is 0 Å². The lowest BCUT2D eigenvalue weighted by atomic mass is 9.77. The van der Waals surface area contributed by atoms with E-state index in [9.17, 15) is 0 Å². The van der Waals surface area contributed by atoms with Crippen LogP contribution in [0, 0.1) is 5.92 Å². The quantitative estimate of drug-likeness (QED) is 0.447. The van der Waals surface area contributed by atoms with Crippen LogP contribution in [-0.2, 0) is 0 Å². The second kappa shape index (κ2) is 7.55. The van der Waals surface area contributed by atoms with Crippen LogP contribution in [0.3, 0.4) is 0 Å². The number of hydrogen-bond donors (Lipinski definition) is 0. The standard InChI is InChI=1S/C16H22BrCl/c17-12-2-1-3-13-4-6-14(7-5-13)15-8-10-16(18)11-9-15/h8-11,13-14H,1-7,12H2. The molecule has 0 aliphatic heterocycles. The molecule has 0 unspecified atom stereocenters. The molecule has 0 radical (unpaired) electrons. The highest BCUT2D eigenvalue weighted by Gasteiger charge is 2.21. The molecule has 1 fully saturated rings. The Hall–Kier alpha value is -0.0100. The molecular formula is C16H22BrCl. The Morgan fingerprint density at radius 2 is 1.67 bits per heavy atom. The van der Waals surface area contributed by atoms with E-state index < -0.39 is 0 Å². The van der Waals surface area contributed by atoms with Crippen LogP contribution in [0.25, 0.3) is 0 Å². The third-order valence-corrected chi connectivity index (χ3v) is 5.00. The topological polar surface area (TPSA) is 0 Å². The first-order valence-electron chi connectivity index (χ1n) is 7.11. The van der Waals surface area contributed by atoms with Crippen molar-refractivity contribution in [1.82, 2.24) is 0 Å². The Morgan fingerprint density at radius 3 is 2.28 bits per heavy atom. The molecule has 0 amide bonds. The molecule has 2 heteroatoms. The van der Waals surface area contributed by atoms with E-state index in [1.165, 1.54) is 50.5 Å². The molecule has 18 heavy (non-hydrogen) atoms. The van der Waals surface area contributed by atoms with Crippen molar-refractivity contribution in [3.63, 3.8) is 0 Å². The van der Waals surface area contributed by atoms with E-state index in [4.69, 9.17) is 11.6 Å². The fourth-order valence-electron chi connectivity index (χ4n) is 3.05. The fraction of sp³-hybridized carbons (Fsp3) is 0.625. The zero-order valence-corrected chi connectivity index (χ0v) is 13.2. The van der Waals surface area contributed by atoms with Crippen LogP contribution >= 0.6 is 27.5 Å². The van der Waals surface area contributed by atoms with E-state index in [0.29, 0.717) is 0 Å². The Labute approximate surface area is 124 Å². The van der Waals surface area contributed by atoms with Crippen LogP contribution < -0.4 is 0 Å². The zero-order valence-electron chi connectivity index (χ0n) is 10.9. The van der Waals surface area contributed by atoms with Gasteiger partial charge in [0.15, 0.2) is 0 Å². The SMILES string of the molecule is Clc1ccc(C2CCC(CCCCBr)CC2)cc1. The molecule has 0 heterocycles. The van der Waals surface area contributed by atoms with Gasteiger partial charge in [-0.25, -0.2) is 0 Å². The summed E-state index contributed by atoms with van der Waals surface area (Å²) in [4.78, 5) is 0. The molecule has 1 aromatic rings. The molecule has 1 aromatic carbocycles. The highest BCUT2D eigenvalue weighted by atomic mass is 79.9.